The third kappa shape index (κ3) is 63.9. The number of aliphatic carboxylic acids is 3. The van der Waals surface area contributed by atoms with E-state index in [0.29, 0.717) is 90.3 Å². The summed E-state index contributed by atoms with van der Waals surface area (Å²) in [6.45, 7) is 13.3. The van der Waals surface area contributed by atoms with Gasteiger partial charge in [0.2, 0.25) is 0 Å². The van der Waals surface area contributed by atoms with Crippen LogP contribution in [0.2, 0.25) is 0 Å². The molecule has 0 aromatic carbocycles. The second kappa shape index (κ2) is 75.8. The van der Waals surface area contributed by atoms with Crippen molar-refractivity contribution in [3.8, 4) is 0 Å². The molecule has 0 spiro atoms. The zero-order valence-corrected chi connectivity index (χ0v) is 73.1. The van der Waals surface area contributed by atoms with Crippen molar-refractivity contribution in [3.05, 3.63) is 0 Å². The topological polar surface area (TPSA) is 330 Å². The van der Waals surface area contributed by atoms with E-state index in [4.69, 9.17) is 28.4 Å². The molecule has 0 aromatic rings. The molecule has 0 aliphatic heterocycles. The van der Waals surface area contributed by atoms with E-state index in [0.717, 1.165) is 212 Å². The van der Waals surface area contributed by atoms with Crippen LogP contribution in [0.25, 0.3) is 0 Å². The van der Waals surface area contributed by atoms with Gasteiger partial charge in [0.1, 0.15) is 31.8 Å². The lowest BCUT2D eigenvalue weighted by molar-refractivity contribution is -0.171. The molecule has 1 atom stereocenters. The first-order valence-electron chi connectivity index (χ1n) is 45.9. The van der Waals surface area contributed by atoms with Gasteiger partial charge in [-0.1, -0.05) is 305 Å². The van der Waals surface area contributed by atoms with E-state index < -0.39 is 63.9 Å². The van der Waals surface area contributed by atoms with Crippen molar-refractivity contribution in [2.45, 2.75) is 447 Å². The highest BCUT2D eigenvalue weighted by Crippen LogP contribution is 2.58. The maximum atomic E-state index is 13.6. The van der Waals surface area contributed by atoms with Crippen LogP contribution in [0.5, 0.6) is 0 Å². The minimum absolute atomic E-state index is 0.0897. The number of hydrogen-bond acceptors (Lipinski definition) is 18. The second-order valence-corrected chi connectivity index (χ2v) is 33.8. The quantitative estimate of drug-likeness (QED) is 0.0187. The molecule has 0 bridgehead atoms. The van der Waals surface area contributed by atoms with Gasteiger partial charge in [-0.25, -0.2) is 0 Å². The number of aliphatic hydroxyl groups excluding tert-OH is 3. The van der Waals surface area contributed by atoms with E-state index in [9.17, 15) is 73.8 Å². The fourth-order valence-electron chi connectivity index (χ4n) is 15.1. The maximum Gasteiger partial charge on any atom is 0.305 e. The Morgan fingerprint density at radius 2 is 0.434 bits per heavy atom. The predicted molar refractivity (Wildman–Crippen MR) is 449 cm³/mol. The second-order valence-electron chi connectivity index (χ2n) is 33.8. The largest absolute Gasteiger partial charge is 0.481 e. The van der Waals surface area contributed by atoms with Gasteiger partial charge in [-0.3, -0.25) is 43.2 Å². The number of aliphatic hydroxyl groups is 3. The van der Waals surface area contributed by atoms with Crippen LogP contribution in [0.3, 0.4) is 0 Å². The minimum atomic E-state index is -1.33. The van der Waals surface area contributed by atoms with Gasteiger partial charge in [0.05, 0.1) is 13.2 Å². The summed E-state index contributed by atoms with van der Waals surface area (Å²) in [5.74, 6) is -5.11. The molecular weight excluding hydrogens is 1440 g/mol. The van der Waals surface area contributed by atoms with E-state index in [1.807, 2.05) is 13.8 Å². The van der Waals surface area contributed by atoms with E-state index in [1.54, 1.807) is 0 Å². The summed E-state index contributed by atoms with van der Waals surface area (Å²) in [6.07, 6.45) is 50.8. The van der Waals surface area contributed by atoms with Crippen LogP contribution in [-0.2, 0) is 71.6 Å². The average Bonchev–Trinajstić information content (AvgIpc) is 0.753. The van der Waals surface area contributed by atoms with E-state index in [1.165, 1.54) is 64.2 Å². The normalized spacial score (nSPS) is 12.2. The summed E-state index contributed by atoms with van der Waals surface area (Å²) >= 11 is 0. The molecule has 0 fully saturated rings. The molecule has 0 saturated heterocycles. The molecule has 6 N–H and O–H groups in total. The molecular formula is C92H170O21. The Kier molecular flexibility index (Phi) is 73.9. The van der Waals surface area contributed by atoms with Crippen LogP contribution >= 0.6 is 0 Å². The van der Waals surface area contributed by atoms with Gasteiger partial charge >= 0.3 is 53.7 Å². The molecule has 0 rings (SSSR count). The fraction of sp³-hybridized carbons (Fsp3) is 0.902. The van der Waals surface area contributed by atoms with Crippen LogP contribution in [0.15, 0.2) is 0 Å². The molecule has 0 aliphatic carbocycles. The van der Waals surface area contributed by atoms with E-state index >= 15 is 0 Å². The monoisotopic (exact) mass is 1610 g/mol. The SMILES string of the molecule is CCCCCCCC(=O)OCC(COC(=O)CCCCCCC)(COC(=O)CCCCCCC)COC(=O)CCCCCCCC(CO)(C(CO)CO)C(CCCCCCCC(=O)O)(CCCCCCCC(=O)O)CCCCCCCC(=O)O.CCCCCCCCCC(=O)OCC(C)(C)COC(=O)CCCCCCCCC. The number of carboxylic acid groups (broad SMARTS) is 3. The molecule has 0 radical (unpaired) electrons. The number of carbonyl (C=O) groups excluding carboxylic acids is 6. The van der Waals surface area contributed by atoms with Crippen LogP contribution in [0, 0.1) is 27.6 Å². The molecule has 21 nitrogen and oxygen atoms in total. The Morgan fingerprint density at radius 3 is 0.637 bits per heavy atom. The predicted octanol–water partition coefficient (Wildman–Crippen LogP) is 22.4. The fourth-order valence-corrected chi connectivity index (χ4v) is 15.1. The third-order valence-corrected chi connectivity index (χ3v) is 22.5. The summed E-state index contributed by atoms with van der Waals surface area (Å²) in [4.78, 5) is 110. The van der Waals surface area contributed by atoms with Gasteiger partial charge in [-0.15, -0.1) is 0 Å². The van der Waals surface area contributed by atoms with Crippen molar-refractivity contribution in [1.29, 1.82) is 0 Å². The lowest BCUT2D eigenvalue weighted by Gasteiger charge is -2.55. The van der Waals surface area contributed by atoms with Crippen molar-refractivity contribution in [2.75, 3.05) is 59.5 Å². The molecule has 1 unspecified atom stereocenters. The highest BCUT2D eigenvalue weighted by Gasteiger charge is 2.53. The van der Waals surface area contributed by atoms with Crippen molar-refractivity contribution >= 4 is 53.7 Å². The molecule has 0 saturated carbocycles. The summed E-state index contributed by atoms with van der Waals surface area (Å²) in [5, 5.41) is 61.4. The number of ether oxygens (including phenoxy) is 6. The van der Waals surface area contributed by atoms with Gasteiger partial charge in [0, 0.05) is 94.4 Å². The Morgan fingerprint density at radius 1 is 0.248 bits per heavy atom. The highest BCUT2D eigenvalue weighted by molar-refractivity contribution is 5.72. The summed E-state index contributed by atoms with van der Waals surface area (Å²) in [5.41, 5.74) is -3.00. The van der Waals surface area contributed by atoms with Gasteiger partial charge in [-0.2, -0.15) is 0 Å². The number of carboxylic acids is 3. The summed E-state index contributed by atoms with van der Waals surface area (Å²) in [7, 11) is 0. The smallest absolute Gasteiger partial charge is 0.305 e. The Balaban J connectivity index is 0. The maximum absolute atomic E-state index is 13.6. The first-order valence-corrected chi connectivity index (χ1v) is 45.9. The Labute approximate surface area is 686 Å². The van der Waals surface area contributed by atoms with Crippen LogP contribution in [0.1, 0.15) is 447 Å². The number of hydrogen-bond donors (Lipinski definition) is 6. The van der Waals surface area contributed by atoms with Crippen molar-refractivity contribution in [2.24, 2.45) is 27.6 Å². The van der Waals surface area contributed by atoms with Gasteiger partial charge in [-0.05, 0) is 88.9 Å². The summed E-state index contributed by atoms with van der Waals surface area (Å²) in [6, 6.07) is 0. The number of esters is 6. The number of rotatable bonds is 83. The first-order chi connectivity index (χ1) is 54.5. The number of unbranched alkanes of at least 4 members (excludes halogenated alkanes) is 40. The molecule has 21 heteroatoms. The number of carbonyl (C=O) groups is 9. The molecule has 0 aromatic heterocycles. The Bertz CT molecular complexity index is 2160. The lowest BCUT2D eigenvalue weighted by atomic mass is 9.50. The lowest BCUT2D eigenvalue weighted by Crippen LogP contribution is -2.52. The molecule has 664 valence electrons. The Hall–Kier alpha value is -4.89. The summed E-state index contributed by atoms with van der Waals surface area (Å²) < 4.78 is 34.1. The van der Waals surface area contributed by atoms with Crippen LogP contribution < -0.4 is 0 Å². The van der Waals surface area contributed by atoms with Crippen molar-refractivity contribution < 1.29 is 102 Å². The average molecular weight is 1610 g/mol. The molecule has 0 heterocycles. The van der Waals surface area contributed by atoms with Crippen molar-refractivity contribution in [3.63, 3.8) is 0 Å². The minimum Gasteiger partial charge on any atom is -0.481 e. The molecule has 0 amide bonds. The highest BCUT2D eigenvalue weighted by atomic mass is 16.6. The standard InChI is InChI=1S/C67H122O17.C25H48O4/c1-4-7-10-17-31-42-61(77)81-53-65(54-82-62(78)43-32-18-11-8-5-2,55-83-63(79)44-33-19-12-9-6-3)56-84-64(80)45-34-23-16-27-38-49-67(52-70,57(50-68)51-69)66(46-35-24-13-20-28-39-58(71)72,47-36-25-14-21-29-40-59(73)74)48-37-26-15-22-30-41-60(75)76;1-5-7-9-11-13-15-17-19-23(26)28-21-25(3,4)22-29-24(27)20-18-16-14-12-10-8-6-2/h57,68-70H,4-56H2,1-3H3,(H,71,72)(H,73,74)(H,75,76);5-22H2,1-4H3. The first kappa shape index (κ1) is 110. The van der Waals surface area contributed by atoms with E-state index in [-0.39, 0.29) is 109 Å². The van der Waals surface area contributed by atoms with Gasteiger partial charge in [0.25, 0.3) is 0 Å². The van der Waals surface area contributed by atoms with Crippen LogP contribution in [0.4, 0.5) is 0 Å². The zero-order valence-electron chi connectivity index (χ0n) is 73.1. The third-order valence-electron chi connectivity index (χ3n) is 22.5. The zero-order chi connectivity index (χ0) is 84.2. The van der Waals surface area contributed by atoms with Gasteiger partial charge in [0.15, 0.2) is 0 Å². The van der Waals surface area contributed by atoms with Crippen molar-refractivity contribution in [1.82, 2.24) is 0 Å². The van der Waals surface area contributed by atoms with E-state index in [2.05, 4.69) is 34.6 Å². The van der Waals surface area contributed by atoms with Gasteiger partial charge < -0.3 is 59.1 Å². The molecule has 113 heavy (non-hydrogen) atoms. The van der Waals surface area contributed by atoms with Crippen LogP contribution in [-0.4, -0.2) is 144 Å². The molecule has 0 aliphatic rings.